The van der Waals surface area contributed by atoms with Gasteiger partial charge in [0.25, 0.3) is 0 Å². The SMILES string of the molecule is CC(=O)Nc1ccc(S(=O)(=O)N(C)CCC(=O)O)cc1Br. The van der Waals surface area contributed by atoms with Gasteiger partial charge < -0.3 is 10.4 Å². The number of hydrogen-bond donors (Lipinski definition) is 2. The summed E-state index contributed by atoms with van der Waals surface area (Å²) >= 11 is 3.19. The number of carboxylic acid groups (broad SMARTS) is 1. The van der Waals surface area contributed by atoms with Crippen LogP contribution in [0.1, 0.15) is 13.3 Å². The van der Waals surface area contributed by atoms with E-state index in [0.717, 1.165) is 4.31 Å². The third-order valence-corrected chi connectivity index (χ3v) is 5.11. The van der Waals surface area contributed by atoms with Crippen LogP contribution in [0, 0.1) is 0 Å². The van der Waals surface area contributed by atoms with E-state index in [-0.39, 0.29) is 23.8 Å². The maximum atomic E-state index is 12.3. The van der Waals surface area contributed by atoms with Crippen LogP contribution in [0.15, 0.2) is 27.6 Å². The number of halogens is 1. The first-order valence-electron chi connectivity index (χ1n) is 5.90. The van der Waals surface area contributed by atoms with E-state index < -0.39 is 16.0 Å². The van der Waals surface area contributed by atoms with Crippen molar-refractivity contribution in [2.45, 2.75) is 18.2 Å². The monoisotopic (exact) mass is 378 g/mol. The summed E-state index contributed by atoms with van der Waals surface area (Å²) in [5.74, 6) is -1.34. The Hall–Kier alpha value is -1.45. The quantitative estimate of drug-likeness (QED) is 0.780. The first kappa shape index (κ1) is 17.6. The smallest absolute Gasteiger partial charge is 0.304 e. The summed E-state index contributed by atoms with van der Waals surface area (Å²) in [6, 6.07) is 4.17. The molecule has 1 aromatic rings. The molecule has 9 heteroatoms. The molecule has 0 aliphatic rings. The summed E-state index contributed by atoms with van der Waals surface area (Å²) in [5.41, 5.74) is 0.453. The van der Waals surface area contributed by atoms with Crippen LogP contribution in [-0.2, 0) is 19.6 Å². The minimum atomic E-state index is -3.78. The third-order valence-electron chi connectivity index (χ3n) is 2.60. The van der Waals surface area contributed by atoms with E-state index in [1.807, 2.05) is 0 Å². The van der Waals surface area contributed by atoms with E-state index in [4.69, 9.17) is 5.11 Å². The summed E-state index contributed by atoms with van der Waals surface area (Å²) in [6.45, 7) is 1.22. The summed E-state index contributed by atoms with van der Waals surface area (Å²) in [6.07, 6.45) is -0.277. The number of hydrogen-bond acceptors (Lipinski definition) is 4. The van der Waals surface area contributed by atoms with Gasteiger partial charge in [0.2, 0.25) is 15.9 Å². The molecule has 0 aromatic heterocycles. The second-order valence-corrected chi connectivity index (χ2v) is 7.19. The Morgan fingerprint density at radius 2 is 2.00 bits per heavy atom. The number of rotatable bonds is 6. The van der Waals surface area contributed by atoms with E-state index in [1.54, 1.807) is 0 Å². The molecule has 1 amide bonds. The van der Waals surface area contributed by atoms with Crippen LogP contribution < -0.4 is 5.32 Å². The summed E-state index contributed by atoms with van der Waals surface area (Å²) < 4.78 is 25.9. The highest BCUT2D eigenvalue weighted by molar-refractivity contribution is 9.10. The molecule has 0 saturated heterocycles. The van der Waals surface area contributed by atoms with Gasteiger partial charge in [0.05, 0.1) is 17.0 Å². The normalized spacial score (nSPS) is 11.4. The zero-order valence-corrected chi connectivity index (χ0v) is 13.9. The molecule has 1 aromatic carbocycles. The number of benzene rings is 1. The van der Waals surface area contributed by atoms with Crippen LogP contribution in [0.25, 0.3) is 0 Å². The lowest BCUT2D eigenvalue weighted by atomic mass is 10.3. The molecule has 0 heterocycles. The minimum absolute atomic E-state index is 0.0105. The molecule has 0 fully saturated rings. The van der Waals surface area contributed by atoms with Crippen molar-refractivity contribution in [3.8, 4) is 0 Å². The van der Waals surface area contributed by atoms with Gasteiger partial charge in [-0.05, 0) is 34.1 Å². The molecule has 0 saturated carbocycles. The molecule has 0 radical (unpaired) electrons. The molecule has 1 rings (SSSR count). The van der Waals surface area contributed by atoms with Crippen molar-refractivity contribution in [2.24, 2.45) is 0 Å². The lowest BCUT2D eigenvalue weighted by molar-refractivity contribution is -0.137. The predicted octanol–water partition coefficient (Wildman–Crippen LogP) is 1.50. The molecule has 0 spiro atoms. The largest absolute Gasteiger partial charge is 0.481 e. The third kappa shape index (κ3) is 4.80. The minimum Gasteiger partial charge on any atom is -0.481 e. The maximum absolute atomic E-state index is 12.3. The Morgan fingerprint density at radius 3 is 2.48 bits per heavy atom. The lowest BCUT2D eigenvalue weighted by Gasteiger charge is -2.17. The van der Waals surface area contributed by atoms with Crippen LogP contribution >= 0.6 is 15.9 Å². The van der Waals surface area contributed by atoms with Gasteiger partial charge in [-0.25, -0.2) is 12.7 Å². The number of amides is 1. The lowest BCUT2D eigenvalue weighted by Crippen LogP contribution is -2.29. The molecule has 7 nitrogen and oxygen atoms in total. The van der Waals surface area contributed by atoms with E-state index in [0.29, 0.717) is 10.2 Å². The highest BCUT2D eigenvalue weighted by atomic mass is 79.9. The number of sulfonamides is 1. The summed E-state index contributed by atoms with van der Waals surface area (Å²) in [7, 11) is -2.46. The second-order valence-electron chi connectivity index (χ2n) is 4.29. The van der Waals surface area contributed by atoms with Gasteiger partial charge in [0.15, 0.2) is 0 Å². The van der Waals surface area contributed by atoms with Gasteiger partial charge in [-0.3, -0.25) is 9.59 Å². The zero-order valence-electron chi connectivity index (χ0n) is 11.5. The molecule has 0 bridgehead atoms. The van der Waals surface area contributed by atoms with Crippen LogP contribution in [0.2, 0.25) is 0 Å². The highest BCUT2D eigenvalue weighted by Crippen LogP contribution is 2.27. The Labute approximate surface area is 131 Å². The van der Waals surface area contributed by atoms with Crippen molar-refractivity contribution in [2.75, 3.05) is 18.9 Å². The molecule has 0 unspecified atom stereocenters. The number of carbonyl (C=O) groups is 2. The molecule has 0 aliphatic carbocycles. The Morgan fingerprint density at radius 1 is 1.38 bits per heavy atom. The first-order chi connectivity index (χ1) is 9.64. The van der Waals surface area contributed by atoms with Crippen molar-refractivity contribution >= 4 is 43.5 Å². The molecular formula is C12H15BrN2O5S. The van der Waals surface area contributed by atoms with E-state index in [2.05, 4.69) is 21.2 Å². The Balaban J connectivity index is 3.01. The van der Waals surface area contributed by atoms with Gasteiger partial charge in [0, 0.05) is 25.0 Å². The number of carbonyl (C=O) groups excluding carboxylic acids is 1. The molecule has 116 valence electrons. The van der Waals surface area contributed by atoms with Crippen molar-refractivity contribution in [1.29, 1.82) is 0 Å². The second kappa shape index (κ2) is 7.01. The molecule has 2 N–H and O–H groups in total. The number of nitrogens with zero attached hydrogens (tertiary/aromatic N) is 1. The number of aliphatic carboxylic acids is 1. The van der Waals surface area contributed by atoms with Crippen molar-refractivity contribution in [3.63, 3.8) is 0 Å². The summed E-state index contributed by atoms with van der Waals surface area (Å²) in [5, 5.41) is 11.1. The van der Waals surface area contributed by atoms with Gasteiger partial charge in [0.1, 0.15) is 0 Å². The molecule has 21 heavy (non-hydrogen) atoms. The fourth-order valence-corrected chi connectivity index (χ4v) is 3.33. The number of nitrogens with one attached hydrogen (secondary N) is 1. The molecule has 0 atom stereocenters. The van der Waals surface area contributed by atoms with E-state index in [1.165, 1.54) is 32.2 Å². The Bertz CT molecular complexity index is 660. The van der Waals surface area contributed by atoms with Gasteiger partial charge in [-0.15, -0.1) is 0 Å². The van der Waals surface area contributed by atoms with Crippen molar-refractivity contribution in [3.05, 3.63) is 22.7 Å². The summed E-state index contributed by atoms with van der Waals surface area (Å²) in [4.78, 5) is 21.5. The Kier molecular flexibility index (Phi) is 5.87. The van der Waals surface area contributed by atoms with Crippen LogP contribution in [0.5, 0.6) is 0 Å². The fourth-order valence-electron chi connectivity index (χ4n) is 1.50. The average molecular weight is 379 g/mol. The van der Waals surface area contributed by atoms with Crippen molar-refractivity contribution < 1.29 is 23.1 Å². The van der Waals surface area contributed by atoms with Gasteiger partial charge >= 0.3 is 5.97 Å². The van der Waals surface area contributed by atoms with Crippen LogP contribution in [0.4, 0.5) is 5.69 Å². The van der Waals surface area contributed by atoms with Crippen LogP contribution in [-0.4, -0.2) is 43.3 Å². The van der Waals surface area contributed by atoms with Gasteiger partial charge in [-0.1, -0.05) is 0 Å². The van der Waals surface area contributed by atoms with E-state index >= 15 is 0 Å². The topological polar surface area (TPSA) is 104 Å². The number of carboxylic acids is 1. The maximum Gasteiger partial charge on any atom is 0.304 e. The standard InChI is InChI=1S/C12H15BrN2O5S/c1-8(16)14-11-4-3-9(7-10(11)13)21(19,20)15(2)6-5-12(17)18/h3-4,7H,5-6H2,1-2H3,(H,14,16)(H,17,18). The predicted molar refractivity (Wildman–Crippen MR) is 80.5 cm³/mol. The van der Waals surface area contributed by atoms with E-state index in [9.17, 15) is 18.0 Å². The number of anilines is 1. The molecule has 0 aliphatic heterocycles. The first-order valence-corrected chi connectivity index (χ1v) is 8.13. The molecular weight excluding hydrogens is 364 g/mol. The van der Waals surface area contributed by atoms with Gasteiger partial charge in [-0.2, -0.15) is 0 Å². The van der Waals surface area contributed by atoms with Crippen molar-refractivity contribution in [1.82, 2.24) is 4.31 Å². The zero-order chi connectivity index (χ0) is 16.2. The average Bonchev–Trinajstić information content (AvgIpc) is 2.37. The fraction of sp³-hybridized carbons (Fsp3) is 0.333. The van der Waals surface area contributed by atoms with Crippen LogP contribution in [0.3, 0.4) is 0 Å². The highest BCUT2D eigenvalue weighted by Gasteiger charge is 2.22.